The van der Waals surface area contributed by atoms with Gasteiger partial charge < -0.3 is 0 Å². The minimum absolute atomic E-state index is 0.264. The Morgan fingerprint density at radius 1 is 1.17 bits per heavy atom. The van der Waals surface area contributed by atoms with Gasteiger partial charge in [0, 0.05) is 6.42 Å². The Labute approximate surface area is 141 Å². The molecule has 126 valence electrons. The quantitative estimate of drug-likeness (QED) is 0.638. The maximum atomic E-state index is 11.9. The van der Waals surface area contributed by atoms with Gasteiger partial charge in [-0.3, -0.25) is 4.79 Å². The molecule has 0 saturated heterocycles. The van der Waals surface area contributed by atoms with Crippen molar-refractivity contribution in [2.75, 3.05) is 0 Å². The van der Waals surface area contributed by atoms with Crippen LogP contribution in [0.1, 0.15) is 72.1 Å². The fourth-order valence-corrected chi connectivity index (χ4v) is 6.96. The molecular formula is C22H32O. The van der Waals surface area contributed by atoms with Crippen molar-refractivity contribution in [1.82, 2.24) is 0 Å². The lowest BCUT2D eigenvalue weighted by Gasteiger charge is -2.56. The second-order valence-corrected chi connectivity index (χ2v) is 9.52. The summed E-state index contributed by atoms with van der Waals surface area (Å²) < 4.78 is 0. The van der Waals surface area contributed by atoms with Gasteiger partial charge in [0.25, 0.3) is 0 Å². The van der Waals surface area contributed by atoms with Crippen LogP contribution >= 0.6 is 0 Å². The number of fused-ring (bicyclic) bond motifs is 5. The summed E-state index contributed by atoms with van der Waals surface area (Å²) in [7, 11) is 0. The first-order valence-electron chi connectivity index (χ1n) is 9.88. The molecule has 1 nitrogen and oxygen atoms in total. The standard InChI is InChI=1S/C22H32O/c1-15(2)14-22-10-4-5-20(22)18-7-6-16-13-17(23)8-11-21(16,3)19(18)9-12-22/h6-7,13,15,18-20H,4-5,8-12,14H2,1-3H3/t18-,19+,20+,21+,22+/m1/s1. The van der Waals surface area contributed by atoms with E-state index in [-0.39, 0.29) is 5.41 Å². The molecule has 0 aromatic rings. The van der Waals surface area contributed by atoms with E-state index in [1.807, 2.05) is 6.08 Å². The van der Waals surface area contributed by atoms with E-state index in [2.05, 4.69) is 32.9 Å². The van der Waals surface area contributed by atoms with Crippen LogP contribution in [-0.4, -0.2) is 5.78 Å². The summed E-state index contributed by atoms with van der Waals surface area (Å²) in [5, 5.41) is 0. The highest BCUT2D eigenvalue weighted by Gasteiger charge is 2.56. The van der Waals surface area contributed by atoms with E-state index < -0.39 is 0 Å². The molecule has 5 atom stereocenters. The van der Waals surface area contributed by atoms with Gasteiger partial charge in [0.2, 0.25) is 0 Å². The van der Waals surface area contributed by atoms with E-state index in [4.69, 9.17) is 0 Å². The number of carbonyl (C=O) groups is 1. The predicted molar refractivity (Wildman–Crippen MR) is 95.0 cm³/mol. The zero-order valence-electron chi connectivity index (χ0n) is 15.1. The first kappa shape index (κ1) is 15.7. The third kappa shape index (κ3) is 2.29. The van der Waals surface area contributed by atoms with Crippen LogP contribution in [0.2, 0.25) is 0 Å². The van der Waals surface area contributed by atoms with E-state index in [0.717, 1.165) is 36.5 Å². The van der Waals surface area contributed by atoms with Crippen LogP contribution in [0.3, 0.4) is 0 Å². The fourth-order valence-electron chi connectivity index (χ4n) is 6.96. The molecule has 0 spiro atoms. The molecular weight excluding hydrogens is 280 g/mol. The Kier molecular flexibility index (Phi) is 3.63. The van der Waals surface area contributed by atoms with Crippen molar-refractivity contribution in [1.29, 1.82) is 0 Å². The van der Waals surface area contributed by atoms with E-state index in [1.165, 1.54) is 44.1 Å². The predicted octanol–water partition coefficient (Wildman–Crippen LogP) is 5.71. The largest absolute Gasteiger partial charge is 0.295 e. The zero-order valence-corrected chi connectivity index (χ0v) is 15.1. The van der Waals surface area contributed by atoms with E-state index >= 15 is 0 Å². The summed E-state index contributed by atoms with van der Waals surface area (Å²) in [5.74, 6) is 3.59. The van der Waals surface area contributed by atoms with Crippen molar-refractivity contribution in [3.05, 3.63) is 23.8 Å². The smallest absolute Gasteiger partial charge is 0.156 e. The van der Waals surface area contributed by atoms with Gasteiger partial charge in [-0.2, -0.15) is 0 Å². The van der Waals surface area contributed by atoms with Crippen molar-refractivity contribution in [2.24, 2.45) is 34.5 Å². The van der Waals surface area contributed by atoms with Crippen LogP contribution in [0, 0.1) is 34.5 Å². The van der Waals surface area contributed by atoms with Gasteiger partial charge >= 0.3 is 0 Å². The molecule has 0 bridgehead atoms. The van der Waals surface area contributed by atoms with Crippen molar-refractivity contribution in [3.8, 4) is 0 Å². The molecule has 0 amide bonds. The molecule has 1 heteroatoms. The third-order valence-electron chi connectivity index (χ3n) is 7.86. The molecule has 0 radical (unpaired) electrons. The van der Waals surface area contributed by atoms with Crippen molar-refractivity contribution >= 4 is 5.78 Å². The Morgan fingerprint density at radius 3 is 2.78 bits per heavy atom. The molecule has 0 aromatic carbocycles. The first-order valence-corrected chi connectivity index (χ1v) is 9.88. The molecule has 0 N–H and O–H groups in total. The molecule has 4 aliphatic rings. The van der Waals surface area contributed by atoms with Crippen LogP contribution in [0.15, 0.2) is 23.8 Å². The Bertz CT molecular complexity index is 569. The topological polar surface area (TPSA) is 17.1 Å². The summed E-state index contributed by atoms with van der Waals surface area (Å²) in [6.07, 6.45) is 17.2. The van der Waals surface area contributed by atoms with Gasteiger partial charge in [-0.05, 0) is 84.7 Å². The molecule has 2 saturated carbocycles. The first-order chi connectivity index (χ1) is 10.9. The normalized spacial score (nSPS) is 45.5. The minimum Gasteiger partial charge on any atom is -0.295 e. The lowest BCUT2D eigenvalue weighted by Crippen LogP contribution is -2.48. The molecule has 0 heterocycles. The molecule has 4 aliphatic carbocycles. The summed E-state index contributed by atoms with van der Waals surface area (Å²) in [6, 6.07) is 0. The maximum absolute atomic E-state index is 11.9. The van der Waals surface area contributed by atoms with Crippen LogP contribution in [0.25, 0.3) is 0 Å². The van der Waals surface area contributed by atoms with Crippen LogP contribution in [0.5, 0.6) is 0 Å². The summed E-state index contributed by atoms with van der Waals surface area (Å²) in [5.41, 5.74) is 2.23. The monoisotopic (exact) mass is 312 g/mol. The van der Waals surface area contributed by atoms with Crippen molar-refractivity contribution < 1.29 is 4.79 Å². The minimum atomic E-state index is 0.264. The van der Waals surface area contributed by atoms with Crippen LogP contribution in [-0.2, 0) is 4.79 Å². The van der Waals surface area contributed by atoms with Crippen molar-refractivity contribution in [2.45, 2.75) is 72.1 Å². The highest BCUT2D eigenvalue weighted by Crippen LogP contribution is 2.65. The van der Waals surface area contributed by atoms with Gasteiger partial charge in [-0.1, -0.05) is 39.3 Å². The number of rotatable bonds is 2. The number of allylic oxidation sites excluding steroid dienone is 4. The number of carbonyl (C=O) groups excluding carboxylic acids is 1. The molecule has 4 rings (SSSR count). The van der Waals surface area contributed by atoms with E-state index in [1.54, 1.807) is 0 Å². The Balaban J connectivity index is 1.70. The van der Waals surface area contributed by atoms with Gasteiger partial charge in [-0.15, -0.1) is 0 Å². The van der Waals surface area contributed by atoms with E-state index in [0.29, 0.717) is 11.2 Å². The van der Waals surface area contributed by atoms with Gasteiger partial charge in [0.1, 0.15) is 0 Å². The van der Waals surface area contributed by atoms with Crippen LogP contribution in [0.4, 0.5) is 0 Å². The lowest BCUT2D eigenvalue weighted by atomic mass is 9.48. The second kappa shape index (κ2) is 5.33. The Morgan fingerprint density at radius 2 is 2.00 bits per heavy atom. The maximum Gasteiger partial charge on any atom is 0.156 e. The van der Waals surface area contributed by atoms with Gasteiger partial charge in [0.15, 0.2) is 5.78 Å². The van der Waals surface area contributed by atoms with E-state index in [9.17, 15) is 4.79 Å². The molecule has 0 aromatic heterocycles. The summed E-state index contributed by atoms with van der Waals surface area (Å²) in [4.78, 5) is 11.9. The summed E-state index contributed by atoms with van der Waals surface area (Å²) >= 11 is 0. The lowest BCUT2D eigenvalue weighted by molar-refractivity contribution is -0.116. The molecule has 0 unspecified atom stereocenters. The van der Waals surface area contributed by atoms with Crippen LogP contribution < -0.4 is 0 Å². The average molecular weight is 312 g/mol. The number of ketones is 1. The zero-order chi connectivity index (χ0) is 16.2. The Hall–Kier alpha value is -0.850. The SMILES string of the molecule is CC(C)C[C@@]12CCC[C@H]1[C@@H]1C=CC3=CC(=O)CC[C@]3(C)[C@H]1CC2. The number of hydrogen-bond donors (Lipinski definition) is 0. The van der Waals surface area contributed by atoms with Crippen molar-refractivity contribution in [3.63, 3.8) is 0 Å². The number of hydrogen-bond acceptors (Lipinski definition) is 1. The second-order valence-electron chi connectivity index (χ2n) is 9.52. The highest BCUT2D eigenvalue weighted by atomic mass is 16.1. The average Bonchev–Trinajstić information content (AvgIpc) is 2.90. The molecule has 2 fully saturated rings. The van der Waals surface area contributed by atoms with Gasteiger partial charge in [-0.25, -0.2) is 0 Å². The van der Waals surface area contributed by atoms with Gasteiger partial charge in [0.05, 0.1) is 0 Å². The fraction of sp³-hybridized carbons (Fsp3) is 0.773. The molecule has 23 heavy (non-hydrogen) atoms. The molecule has 0 aliphatic heterocycles. The third-order valence-corrected chi connectivity index (χ3v) is 7.86. The summed E-state index contributed by atoms with van der Waals surface area (Å²) in [6.45, 7) is 7.26. The highest BCUT2D eigenvalue weighted by molar-refractivity contribution is 5.92.